The molecule has 18 heavy (non-hydrogen) atoms. The standard InChI is InChI=1S/C12H15FO5/c1-6(12(15)16)4-7-5-8(17-2)11(18-3)9(13)10(7)14/h5-6,14H,4H2,1-3H3,(H,15,16). The minimum absolute atomic E-state index is 0.00155. The third-order valence-corrected chi connectivity index (χ3v) is 2.61. The van der Waals surface area contributed by atoms with Crippen LogP contribution in [0, 0.1) is 11.7 Å². The predicted molar refractivity (Wildman–Crippen MR) is 61.7 cm³/mol. The van der Waals surface area contributed by atoms with E-state index in [1.807, 2.05) is 0 Å². The number of phenolic OH excluding ortho intramolecular Hbond substituents is 1. The summed E-state index contributed by atoms with van der Waals surface area (Å²) in [6, 6.07) is 1.37. The number of halogens is 1. The number of aromatic hydroxyl groups is 1. The summed E-state index contributed by atoms with van der Waals surface area (Å²) in [6.07, 6.45) is -0.00155. The van der Waals surface area contributed by atoms with Crippen LogP contribution in [0.25, 0.3) is 0 Å². The Kier molecular flexibility index (Phi) is 4.36. The Morgan fingerprint density at radius 1 is 1.44 bits per heavy atom. The number of methoxy groups -OCH3 is 2. The van der Waals surface area contributed by atoms with Gasteiger partial charge in [-0.05, 0) is 12.5 Å². The molecule has 5 nitrogen and oxygen atoms in total. The van der Waals surface area contributed by atoms with Gasteiger partial charge >= 0.3 is 5.97 Å². The molecule has 1 aromatic carbocycles. The minimum atomic E-state index is -1.02. The average molecular weight is 258 g/mol. The molecule has 1 rings (SSSR count). The zero-order valence-electron chi connectivity index (χ0n) is 10.4. The fourth-order valence-electron chi connectivity index (χ4n) is 1.56. The molecule has 0 amide bonds. The minimum Gasteiger partial charge on any atom is -0.505 e. The molecule has 0 fully saturated rings. The molecular formula is C12H15FO5. The van der Waals surface area contributed by atoms with E-state index < -0.39 is 23.5 Å². The van der Waals surface area contributed by atoms with Gasteiger partial charge in [0.25, 0.3) is 0 Å². The Hall–Kier alpha value is -1.98. The molecule has 100 valence electrons. The lowest BCUT2D eigenvalue weighted by molar-refractivity contribution is -0.141. The highest BCUT2D eigenvalue weighted by molar-refractivity contribution is 5.70. The second-order valence-electron chi connectivity index (χ2n) is 3.88. The number of carboxylic acid groups (broad SMARTS) is 1. The molecule has 1 atom stereocenters. The summed E-state index contributed by atoms with van der Waals surface area (Å²) in [5.74, 6) is -3.43. The summed E-state index contributed by atoms with van der Waals surface area (Å²) in [5, 5.41) is 18.5. The number of hydrogen-bond donors (Lipinski definition) is 2. The van der Waals surface area contributed by atoms with Crippen LogP contribution in [0.4, 0.5) is 4.39 Å². The fraction of sp³-hybridized carbons (Fsp3) is 0.417. The van der Waals surface area contributed by atoms with E-state index in [9.17, 15) is 14.3 Å². The van der Waals surface area contributed by atoms with Crippen LogP contribution < -0.4 is 9.47 Å². The van der Waals surface area contributed by atoms with E-state index in [2.05, 4.69) is 0 Å². The van der Waals surface area contributed by atoms with Crippen molar-refractivity contribution < 1.29 is 28.9 Å². The molecule has 0 bridgehead atoms. The van der Waals surface area contributed by atoms with Crippen molar-refractivity contribution in [2.75, 3.05) is 14.2 Å². The van der Waals surface area contributed by atoms with Crippen molar-refractivity contribution in [1.29, 1.82) is 0 Å². The molecule has 0 aliphatic heterocycles. The fourth-order valence-corrected chi connectivity index (χ4v) is 1.56. The summed E-state index contributed by atoms with van der Waals surface area (Å²) in [4.78, 5) is 10.7. The predicted octanol–water partition coefficient (Wildman–Crippen LogP) is 1.81. The Balaban J connectivity index is 3.21. The Morgan fingerprint density at radius 2 is 2.06 bits per heavy atom. The molecule has 0 aliphatic carbocycles. The third kappa shape index (κ3) is 2.64. The highest BCUT2D eigenvalue weighted by atomic mass is 19.1. The Morgan fingerprint density at radius 3 is 2.50 bits per heavy atom. The molecule has 1 aromatic rings. The maximum Gasteiger partial charge on any atom is 0.306 e. The van der Waals surface area contributed by atoms with Crippen LogP contribution in [0.3, 0.4) is 0 Å². The maximum atomic E-state index is 13.8. The van der Waals surface area contributed by atoms with Gasteiger partial charge in [0.05, 0.1) is 20.1 Å². The van der Waals surface area contributed by atoms with Crippen molar-refractivity contribution in [2.45, 2.75) is 13.3 Å². The van der Waals surface area contributed by atoms with Crippen LogP contribution in [0.2, 0.25) is 0 Å². The summed E-state index contributed by atoms with van der Waals surface area (Å²) in [5.41, 5.74) is 0.167. The summed E-state index contributed by atoms with van der Waals surface area (Å²) in [6.45, 7) is 1.47. The van der Waals surface area contributed by atoms with Crippen molar-refractivity contribution in [3.05, 3.63) is 17.4 Å². The largest absolute Gasteiger partial charge is 0.505 e. The molecule has 0 saturated carbocycles. The number of ether oxygens (including phenoxy) is 2. The first-order valence-corrected chi connectivity index (χ1v) is 5.27. The molecule has 0 saturated heterocycles. The van der Waals surface area contributed by atoms with Crippen molar-refractivity contribution in [3.63, 3.8) is 0 Å². The molecule has 1 unspecified atom stereocenters. The monoisotopic (exact) mass is 258 g/mol. The highest BCUT2D eigenvalue weighted by Crippen LogP contribution is 2.39. The number of carboxylic acids is 1. The smallest absolute Gasteiger partial charge is 0.306 e. The zero-order chi connectivity index (χ0) is 13.9. The lowest BCUT2D eigenvalue weighted by atomic mass is 9.99. The van der Waals surface area contributed by atoms with Crippen LogP contribution in [0.1, 0.15) is 12.5 Å². The van der Waals surface area contributed by atoms with Crippen LogP contribution >= 0.6 is 0 Å². The number of carbonyl (C=O) groups is 1. The summed E-state index contributed by atoms with van der Waals surface area (Å²) < 4.78 is 23.5. The summed E-state index contributed by atoms with van der Waals surface area (Å²) >= 11 is 0. The number of aliphatic carboxylic acids is 1. The Bertz CT molecular complexity index is 458. The molecule has 2 N–H and O–H groups in total. The van der Waals surface area contributed by atoms with Gasteiger partial charge in [0.15, 0.2) is 11.5 Å². The van der Waals surface area contributed by atoms with Gasteiger partial charge in [0.2, 0.25) is 11.6 Å². The molecule has 0 aliphatic rings. The number of phenols is 1. The van der Waals surface area contributed by atoms with E-state index in [0.29, 0.717) is 0 Å². The number of benzene rings is 1. The molecule has 0 radical (unpaired) electrons. The second kappa shape index (κ2) is 5.57. The van der Waals surface area contributed by atoms with Gasteiger partial charge in [-0.15, -0.1) is 0 Å². The zero-order valence-corrected chi connectivity index (χ0v) is 10.4. The van der Waals surface area contributed by atoms with Gasteiger partial charge in [0.1, 0.15) is 0 Å². The van der Waals surface area contributed by atoms with Crippen molar-refractivity contribution in [3.8, 4) is 17.2 Å². The number of hydrogen-bond acceptors (Lipinski definition) is 4. The van der Waals surface area contributed by atoms with Gasteiger partial charge in [-0.1, -0.05) is 6.92 Å². The molecule has 6 heteroatoms. The summed E-state index contributed by atoms with van der Waals surface area (Å²) in [7, 11) is 2.58. The lowest BCUT2D eigenvalue weighted by Gasteiger charge is -2.14. The first-order chi connectivity index (χ1) is 8.42. The SMILES string of the molecule is COc1cc(CC(C)C(=O)O)c(O)c(F)c1OC. The number of rotatable bonds is 5. The van der Waals surface area contributed by atoms with Crippen LogP contribution in [-0.4, -0.2) is 30.4 Å². The van der Waals surface area contributed by atoms with Crippen LogP contribution in [0.15, 0.2) is 6.07 Å². The topological polar surface area (TPSA) is 76.0 Å². The Labute approximate surface area is 104 Å². The highest BCUT2D eigenvalue weighted by Gasteiger charge is 2.22. The van der Waals surface area contributed by atoms with E-state index >= 15 is 0 Å². The second-order valence-corrected chi connectivity index (χ2v) is 3.88. The molecule has 0 heterocycles. The van der Waals surface area contributed by atoms with Crippen LogP contribution in [0.5, 0.6) is 17.2 Å². The van der Waals surface area contributed by atoms with Crippen molar-refractivity contribution in [2.24, 2.45) is 5.92 Å². The van der Waals surface area contributed by atoms with Crippen LogP contribution in [-0.2, 0) is 11.2 Å². The molecule has 0 aromatic heterocycles. The van der Waals surface area contributed by atoms with E-state index in [-0.39, 0.29) is 23.5 Å². The van der Waals surface area contributed by atoms with Gasteiger partial charge in [0, 0.05) is 5.56 Å². The normalized spacial score (nSPS) is 12.0. The first kappa shape index (κ1) is 14.1. The van der Waals surface area contributed by atoms with Crippen molar-refractivity contribution in [1.82, 2.24) is 0 Å². The third-order valence-electron chi connectivity index (χ3n) is 2.61. The quantitative estimate of drug-likeness (QED) is 0.842. The van der Waals surface area contributed by atoms with E-state index in [1.165, 1.54) is 27.2 Å². The first-order valence-electron chi connectivity index (χ1n) is 5.27. The maximum absolute atomic E-state index is 13.8. The lowest BCUT2D eigenvalue weighted by Crippen LogP contribution is -2.12. The van der Waals surface area contributed by atoms with Gasteiger partial charge in [-0.25, -0.2) is 0 Å². The van der Waals surface area contributed by atoms with Gasteiger partial charge < -0.3 is 19.7 Å². The van der Waals surface area contributed by atoms with E-state index in [1.54, 1.807) is 0 Å². The average Bonchev–Trinajstić information content (AvgIpc) is 2.34. The van der Waals surface area contributed by atoms with E-state index in [4.69, 9.17) is 14.6 Å². The van der Waals surface area contributed by atoms with Gasteiger partial charge in [-0.2, -0.15) is 4.39 Å². The molecule has 0 spiro atoms. The molecular weight excluding hydrogens is 243 g/mol. The van der Waals surface area contributed by atoms with Crippen molar-refractivity contribution >= 4 is 5.97 Å². The van der Waals surface area contributed by atoms with Gasteiger partial charge in [-0.3, -0.25) is 4.79 Å². The van der Waals surface area contributed by atoms with E-state index in [0.717, 1.165) is 0 Å².